The first-order valence-corrected chi connectivity index (χ1v) is 12.4. The Labute approximate surface area is 223 Å². The minimum absolute atomic E-state index is 0.157. The van der Waals surface area contributed by atoms with E-state index in [1.54, 1.807) is 0 Å². The molecule has 39 heavy (non-hydrogen) atoms. The Morgan fingerprint density at radius 1 is 0.692 bits per heavy atom. The molecule has 1 aliphatic carbocycles. The van der Waals surface area contributed by atoms with Gasteiger partial charge in [0, 0.05) is 7.11 Å². The van der Waals surface area contributed by atoms with Crippen molar-refractivity contribution in [3.8, 4) is 0 Å². The van der Waals surface area contributed by atoms with Crippen LogP contribution in [0.25, 0.3) is 0 Å². The molecular weight excluding hydrogens is 532 g/mol. The Bertz CT molecular complexity index is 809. The molecule has 0 spiro atoms. The lowest BCUT2D eigenvalue weighted by molar-refractivity contribution is -0.326. The average molecular weight is 571 g/mol. The maximum atomic E-state index is 12.6. The average Bonchev–Trinajstić information content (AvgIpc) is 2.95. The van der Waals surface area contributed by atoms with Crippen LogP contribution >= 0.6 is 0 Å². The summed E-state index contributed by atoms with van der Waals surface area (Å²) in [6.07, 6.45) is -17.6. The molecular formula is C23H38O16. The molecule has 2 aliphatic heterocycles. The van der Waals surface area contributed by atoms with Gasteiger partial charge in [-0.3, -0.25) is 9.59 Å². The lowest BCUT2D eigenvalue weighted by atomic mass is 9.76. The second kappa shape index (κ2) is 13.9. The lowest BCUT2D eigenvalue weighted by Gasteiger charge is -2.45. The van der Waals surface area contributed by atoms with Gasteiger partial charge in [-0.05, 0) is 12.8 Å². The maximum absolute atomic E-state index is 12.6. The van der Waals surface area contributed by atoms with Crippen LogP contribution in [-0.2, 0) is 42.7 Å². The number of hydrogen-bond acceptors (Lipinski definition) is 16. The van der Waals surface area contributed by atoms with Gasteiger partial charge in [-0.15, -0.1) is 0 Å². The van der Waals surface area contributed by atoms with Crippen LogP contribution in [0, 0.1) is 11.8 Å². The summed E-state index contributed by atoms with van der Waals surface area (Å²) >= 11 is 0. The first-order chi connectivity index (χ1) is 18.5. The fraction of sp³-hybridized carbons (Fsp3) is 0.913. The summed E-state index contributed by atoms with van der Waals surface area (Å²) in [5.41, 5.74) is 0. The van der Waals surface area contributed by atoms with Crippen LogP contribution in [0.15, 0.2) is 0 Å². The molecule has 226 valence electrons. The Balaban J connectivity index is 1.83. The fourth-order valence-electron chi connectivity index (χ4n) is 5.09. The first-order valence-electron chi connectivity index (χ1n) is 12.4. The Hall–Kier alpha value is -1.54. The monoisotopic (exact) mass is 570 g/mol. The van der Waals surface area contributed by atoms with Crippen molar-refractivity contribution in [1.29, 1.82) is 0 Å². The number of carbonyl (C=O) groups excluding carboxylic acids is 2. The normalized spacial score (nSPS) is 45.0. The second-order valence-corrected chi connectivity index (χ2v) is 9.72. The van der Waals surface area contributed by atoms with Crippen molar-refractivity contribution in [2.45, 2.75) is 86.5 Å². The van der Waals surface area contributed by atoms with Gasteiger partial charge < -0.3 is 68.9 Å². The van der Waals surface area contributed by atoms with Crippen molar-refractivity contribution in [2.75, 3.05) is 34.5 Å². The van der Waals surface area contributed by atoms with Crippen LogP contribution in [0.3, 0.4) is 0 Å². The van der Waals surface area contributed by atoms with E-state index < -0.39 is 104 Å². The molecule has 16 nitrogen and oxygen atoms in total. The molecule has 0 aromatic rings. The number of aliphatic hydroxyl groups is 7. The molecule has 0 aromatic heterocycles. The van der Waals surface area contributed by atoms with E-state index in [1.165, 1.54) is 7.11 Å². The number of carbonyl (C=O) groups is 2. The van der Waals surface area contributed by atoms with Crippen molar-refractivity contribution < 1.29 is 78.5 Å². The van der Waals surface area contributed by atoms with Gasteiger partial charge in [-0.1, -0.05) is 0 Å². The highest BCUT2D eigenvalue weighted by molar-refractivity contribution is 5.82. The maximum Gasteiger partial charge on any atom is 0.309 e. The molecule has 7 N–H and O–H groups in total. The van der Waals surface area contributed by atoms with Crippen molar-refractivity contribution in [2.24, 2.45) is 11.8 Å². The predicted octanol–water partition coefficient (Wildman–Crippen LogP) is -4.62. The molecule has 14 atom stereocenters. The summed E-state index contributed by atoms with van der Waals surface area (Å²) in [6, 6.07) is 0. The number of methoxy groups -OCH3 is 3. The molecule has 2 saturated heterocycles. The highest BCUT2D eigenvalue weighted by Crippen LogP contribution is 2.37. The molecule has 0 unspecified atom stereocenters. The highest BCUT2D eigenvalue weighted by atomic mass is 16.7. The molecule has 0 radical (unpaired) electrons. The summed E-state index contributed by atoms with van der Waals surface area (Å²) in [5.74, 6) is -3.54. The number of esters is 2. The van der Waals surface area contributed by atoms with Gasteiger partial charge >= 0.3 is 11.9 Å². The van der Waals surface area contributed by atoms with E-state index in [4.69, 9.17) is 33.2 Å². The highest BCUT2D eigenvalue weighted by Gasteiger charge is 2.51. The van der Waals surface area contributed by atoms with Crippen molar-refractivity contribution >= 4 is 11.9 Å². The molecule has 3 fully saturated rings. The zero-order valence-corrected chi connectivity index (χ0v) is 21.7. The number of rotatable bonds is 9. The summed E-state index contributed by atoms with van der Waals surface area (Å²) < 4.78 is 37.4. The summed E-state index contributed by atoms with van der Waals surface area (Å²) in [4.78, 5) is 25.1. The first kappa shape index (κ1) is 32.0. The minimum Gasteiger partial charge on any atom is -0.469 e. The predicted molar refractivity (Wildman–Crippen MR) is 122 cm³/mol. The van der Waals surface area contributed by atoms with E-state index in [0.29, 0.717) is 0 Å². The van der Waals surface area contributed by atoms with E-state index in [2.05, 4.69) is 0 Å². The third kappa shape index (κ3) is 6.86. The van der Waals surface area contributed by atoms with Crippen molar-refractivity contribution in [3.05, 3.63) is 0 Å². The molecule has 3 aliphatic rings. The van der Waals surface area contributed by atoms with E-state index in [0.717, 1.165) is 14.2 Å². The van der Waals surface area contributed by atoms with E-state index in [-0.39, 0.29) is 19.4 Å². The van der Waals surface area contributed by atoms with Crippen LogP contribution in [0.5, 0.6) is 0 Å². The second-order valence-electron chi connectivity index (χ2n) is 9.72. The fourth-order valence-corrected chi connectivity index (χ4v) is 5.09. The standard InChI is InChI=1S/C23H38O16/c1-33-20(31)8-4-10(36-7-13-15(26)17(28)18(29)22(35-3)39-13)11(5-9(8)21(32)34-2)37-23-19(30)16(27)14(25)12(6-24)38-23/h8-19,22-30H,4-7H2,1-3H3/t8-,9-,10-,11-,12+,13+,14+,15+,16-,17-,18-,19-,22-,23-/m0/s1. The summed E-state index contributed by atoms with van der Waals surface area (Å²) in [6.45, 7) is -1.09. The van der Waals surface area contributed by atoms with Crippen molar-refractivity contribution in [3.63, 3.8) is 0 Å². The zero-order valence-electron chi connectivity index (χ0n) is 21.7. The van der Waals surface area contributed by atoms with Gasteiger partial charge in [0.1, 0.15) is 48.8 Å². The van der Waals surface area contributed by atoms with Gasteiger partial charge in [-0.25, -0.2) is 0 Å². The van der Waals surface area contributed by atoms with Gasteiger partial charge in [0.15, 0.2) is 12.6 Å². The van der Waals surface area contributed by atoms with E-state index >= 15 is 0 Å². The van der Waals surface area contributed by atoms with Crippen LogP contribution in [0.2, 0.25) is 0 Å². The molecule has 0 aromatic carbocycles. The van der Waals surface area contributed by atoms with Gasteiger partial charge in [0.05, 0.1) is 51.5 Å². The third-order valence-corrected chi connectivity index (χ3v) is 7.41. The number of ether oxygens (including phenoxy) is 7. The zero-order chi connectivity index (χ0) is 29.0. The smallest absolute Gasteiger partial charge is 0.309 e. The molecule has 16 heteroatoms. The number of hydrogen-bond donors (Lipinski definition) is 7. The van der Waals surface area contributed by atoms with Crippen LogP contribution < -0.4 is 0 Å². The molecule has 2 heterocycles. The molecule has 3 rings (SSSR count). The third-order valence-electron chi connectivity index (χ3n) is 7.41. The lowest BCUT2D eigenvalue weighted by Crippen LogP contribution is -2.61. The van der Waals surface area contributed by atoms with Gasteiger partial charge in [0.2, 0.25) is 0 Å². The molecule has 1 saturated carbocycles. The van der Waals surface area contributed by atoms with Crippen molar-refractivity contribution in [1.82, 2.24) is 0 Å². The van der Waals surface area contributed by atoms with Crippen LogP contribution in [0.4, 0.5) is 0 Å². The minimum atomic E-state index is -1.75. The van der Waals surface area contributed by atoms with E-state index in [9.17, 15) is 45.3 Å². The Morgan fingerprint density at radius 3 is 1.69 bits per heavy atom. The SMILES string of the molecule is COC(=O)[C@H]1C[C@H](OC[C@H]2O[C@H](OC)[C@@H](O)[C@@H](O)[C@@H]2O)[C@@H](O[C@H]2O[C@H](CO)[C@@H](O)[C@H](O)[C@@H]2O)C[C@@H]1C(=O)OC. The molecule has 0 bridgehead atoms. The summed E-state index contributed by atoms with van der Waals surface area (Å²) in [5, 5.41) is 70.7. The molecule has 0 amide bonds. The van der Waals surface area contributed by atoms with Gasteiger partial charge in [0.25, 0.3) is 0 Å². The largest absolute Gasteiger partial charge is 0.469 e. The van der Waals surface area contributed by atoms with Crippen LogP contribution in [0.1, 0.15) is 12.8 Å². The van der Waals surface area contributed by atoms with Gasteiger partial charge in [-0.2, -0.15) is 0 Å². The Morgan fingerprint density at radius 2 is 1.18 bits per heavy atom. The quantitative estimate of drug-likeness (QED) is 0.129. The van der Waals surface area contributed by atoms with Crippen LogP contribution in [-0.4, -0.2) is 156 Å². The summed E-state index contributed by atoms with van der Waals surface area (Å²) in [7, 11) is 3.52. The topological polar surface area (TPSA) is 240 Å². The number of aliphatic hydroxyl groups excluding tert-OH is 7. The van der Waals surface area contributed by atoms with E-state index in [1.807, 2.05) is 0 Å². The Kier molecular flexibility index (Phi) is 11.4.